The van der Waals surface area contributed by atoms with Crippen LogP contribution < -0.4 is 0 Å². The minimum atomic E-state index is -4.67. The predicted molar refractivity (Wildman–Crippen MR) is 14.2 cm³/mol. The Morgan fingerprint density at radius 1 is 1.00 bits per heavy atom. The zero-order valence-corrected chi connectivity index (χ0v) is 5.68. The summed E-state index contributed by atoms with van der Waals surface area (Å²) in [6.45, 7) is 0. The first-order chi connectivity index (χ1) is 2.00. The molecule has 0 heterocycles. The minimum absolute atomic E-state index is 0. The Bertz CT molecular complexity index is 92.9. The largest absolute Gasteiger partial charge is 0.394 e. The molecule has 0 rings (SSSR count). The molecule has 0 aliphatic rings. The van der Waals surface area contributed by atoms with Gasteiger partial charge in [-0.15, -0.1) is 0 Å². The maximum atomic E-state index is 8.74. The molecule has 50 valence electrons. The van der Waals surface area contributed by atoms with E-state index in [0.29, 0.717) is 0 Å². The number of hydrogen-bond donors (Lipinski definition) is 2. The average molecular weight is 216 g/mol. The number of hydrogen-bond acceptors (Lipinski definition) is 2. The topological polar surface area (TPSA) is 74.6 Å². The van der Waals surface area contributed by atoms with Crippen LogP contribution in [-0.4, -0.2) is 17.5 Å². The van der Waals surface area contributed by atoms with Crippen LogP contribution in [0.4, 0.5) is 0 Å². The molecule has 2 N–H and O–H groups in total. The van der Waals surface area contributed by atoms with Crippen LogP contribution in [-0.2, 0) is 44.0 Å². The molecule has 0 amide bonds. The second kappa shape index (κ2) is 5.03. The summed E-state index contributed by atoms with van der Waals surface area (Å²) < 4.78 is 31.6. The third-order valence-electron chi connectivity index (χ3n) is 0. The van der Waals surface area contributed by atoms with Crippen molar-refractivity contribution in [3.8, 4) is 0 Å². The Morgan fingerprint density at radius 3 is 1.00 bits per heavy atom. The summed E-state index contributed by atoms with van der Waals surface area (Å²) in [5, 5.41) is 0. The fourth-order valence-corrected chi connectivity index (χ4v) is 0. The summed E-state index contributed by atoms with van der Waals surface area (Å²) in [5.74, 6) is 0. The van der Waals surface area contributed by atoms with Crippen LogP contribution in [0.15, 0.2) is 0 Å². The van der Waals surface area contributed by atoms with Crippen LogP contribution >= 0.6 is 0 Å². The van der Waals surface area contributed by atoms with Crippen molar-refractivity contribution in [2.24, 2.45) is 0 Å². The fraction of sp³-hybridized carbons (Fsp3) is 0. The second-order valence-electron chi connectivity index (χ2n) is 0.448. The van der Waals surface area contributed by atoms with Gasteiger partial charge in [-0.25, -0.2) is 0 Å². The minimum Gasteiger partial charge on any atom is -0.264 e. The van der Waals surface area contributed by atoms with E-state index in [1.54, 1.807) is 0 Å². The van der Waals surface area contributed by atoms with Crippen LogP contribution in [0.1, 0.15) is 0 Å². The van der Waals surface area contributed by atoms with Crippen LogP contribution in [0, 0.1) is 0 Å². The van der Waals surface area contributed by atoms with E-state index >= 15 is 0 Å². The Kier molecular flexibility index (Phi) is 11.3. The predicted octanol–water partition coefficient (Wildman–Crippen LogP) is -0.658. The Labute approximate surface area is 61.6 Å². The first-order valence-corrected chi connectivity index (χ1v) is 2.10. The Morgan fingerprint density at radius 2 is 1.00 bits per heavy atom. The van der Waals surface area contributed by atoms with Gasteiger partial charge in [0.25, 0.3) is 0 Å². The molecule has 0 fully saturated rings. The van der Waals surface area contributed by atoms with Gasteiger partial charge in [-0.3, -0.25) is 9.11 Å². The summed E-state index contributed by atoms with van der Waals surface area (Å²) in [6.07, 6.45) is 0. The van der Waals surface area contributed by atoms with Gasteiger partial charge in [0.15, 0.2) is 0 Å². The molecule has 0 unspecified atom stereocenters. The summed E-state index contributed by atoms with van der Waals surface area (Å²) in [4.78, 5) is 0. The summed E-state index contributed by atoms with van der Waals surface area (Å²) in [7, 11) is -4.67. The monoisotopic (exact) mass is 216 g/mol. The zero-order chi connectivity index (χ0) is 4.50. The molecule has 0 saturated heterocycles. The third kappa shape index (κ3) is 210. The molecule has 2 radical (unpaired) electrons. The van der Waals surface area contributed by atoms with Gasteiger partial charge in [-0.05, 0) is 0 Å². The molecule has 0 bridgehead atoms. The van der Waals surface area contributed by atoms with Crippen molar-refractivity contribution in [3.63, 3.8) is 0 Å². The van der Waals surface area contributed by atoms with E-state index in [0.717, 1.165) is 0 Å². The van der Waals surface area contributed by atoms with Gasteiger partial charge in [0.05, 0.1) is 0 Å². The zero-order valence-electron chi connectivity index (χ0n) is 2.79. The van der Waals surface area contributed by atoms with Crippen molar-refractivity contribution in [1.82, 2.24) is 0 Å². The molecule has 0 aromatic rings. The SMILES string of the molecule is O=S(=O)(O)O.[Co].[Co]. The Hall–Kier alpha value is 0.883. The third-order valence-corrected chi connectivity index (χ3v) is 0. The molecule has 0 aliphatic heterocycles. The first kappa shape index (κ1) is 15.7. The second-order valence-corrected chi connectivity index (χ2v) is 1.34. The molecule has 0 aromatic carbocycles. The van der Waals surface area contributed by atoms with Crippen molar-refractivity contribution < 1.29 is 51.1 Å². The summed E-state index contributed by atoms with van der Waals surface area (Å²) >= 11 is 0. The molecule has 0 saturated carbocycles. The van der Waals surface area contributed by atoms with Crippen LogP contribution in [0.3, 0.4) is 0 Å². The van der Waals surface area contributed by atoms with Crippen LogP contribution in [0.2, 0.25) is 0 Å². The normalized spacial score (nSPS) is 8.29. The Balaban J connectivity index is -0.0000000800. The van der Waals surface area contributed by atoms with Gasteiger partial charge in [0.1, 0.15) is 0 Å². The van der Waals surface area contributed by atoms with E-state index in [9.17, 15) is 0 Å². The molecular weight excluding hydrogens is 214 g/mol. The molecular formula is H2Co2O4S. The summed E-state index contributed by atoms with van der Waals surface area (Å²) in [6, 6.07) is 0. The van der Waals surface area contributed by atoms with Gasteiger partial charge in [0, 0.05) is 33.6 Å². The molecule has 7 heteroatoms. The van der Waals surface area contributed by atoms with Crippen LogP contribution in [0.25, 0.3) is 0 Å². The van der Waals surface area contributed by atoms with Gasteiger partial charge in [-0.2, -0.15) is 8.42 Å². The quantitative estimate of drug-likeness (QED) is 0.527. The number of rotatable bonds is 0. The van der Waals surface area contributed by atoms with Gasteiger partial charge in [0.2, 0.25) is 0 Å². The molecule has 0 spiro atoms. The van der Waals surface area contributed by atoms with E-state index in [2.05, 4.69) is 0 Å². The van der Waals surface area contributed by atoms with E-state index in [-0.39, 0.29) is 33.6 Å². The van der Waals surface area contributed by atoms with Crippen molar-refractivity contribution >= 4 is 10.4 Å². The smallest absolute Gasteiger partial charge is 0.264 e. The summed E-state index contributed by atoms with van der Waals surface area (Å²) in [5.41, 5.74) is 0. The first-order valence-electron chi connectivity index (χ1n) is 0.698. The van der Waals surface area contributed by atoms with E-state index < -0.39 is 10.4 Å². The van der Waals surface area contributed by atoms with Gasteiger partial charge >= 0.3 is 10.4 Å². The maximum absolute atomic E-state index is 8.74. The van der Waals surface area contributed by atoms with Crippen LogP contribution in [0.5, 0.6) is 0 Å². The van der Waals surface area contributed by atoms with E-state index in [4.69, 9.17) is 17.5 Å². The van der Waals surface area contributed by atoms with E-state index in [1.165, 1.54) is 0 Å². The maximum Gasteiger partial charge on any atom is 0.394 e. The van der Waals surface area contributed by atoms with Crippen molar-refractivity contribution in [1.29, 1.82) is 0 Å². The van der Waals surface area contributed by atoms with Crippen molar-refractivity contribution in [2.45, 2.75) is 0 Å². The van der Waals surface area contributed by atoms with Crippen molar-refractivity contribution in [2.75, 3.05) is 0 Å². The molecule has 4 nitrogen and oxygen atoms in total. The standard InChI is InChI=1S/2Co.H2O4S/c;;1-5(2,3)4/h;;(H2,1,2,3,4). The fourth-order valence-electron chi connectivity index (χ4n) is 0. The molecule has 7 heavy (non-hydrogen) atoms. The molecule has 0 aromatic heterocycles. The van der Waals surface area contributed by atoms with E-state index in [1.807, 2.05) is 0 Å². The van der Waals surface area contributed by atoms with Gasteiger partial charge in [-0.1, -0.05) is 0 Å². The molecule has 0 atom stereocenters. The molecule has 0 aliphatic carbocycles. The van der Waals surface area contributed by atoms with Gasteiger partial charge < -0.3 is 0 Å². The van der Waals surface area contributed by atoms with Crippen molar-refractivity contribution in [3.05, 3.63) is 0 Å². The average Bonchev–Trinajstić information content (AvgIpc) is 0.722.